The van der Waals surface area contributed by atoms with E-state index in [-0.39, 0.29) is 42.6 Å². The highest BCUT2D eigenvalue weighted by Crippen LogP contribution is 2.33. The molecule has 1 aromatic heterocycles. The number of nitrogens with one attached hydrogen (secondary N) is 2. The number of hydrogen-bond acceptors (Lipinski definition) is 6. The fraction of sp³-hybridized carbons (Fsp3) is 0.556. The number of carbonyl (C=O) groups excluding carboxylic acids is 2. The molecule has 1 atom stereocenters. The Hall–Kier alpha value is -3.45. The summed E-state index contributed by atoms with van der Waals surface area (Å²) in [5.74, 6) is -0.0269. The third-order valence-electron chi connectivity index (χ3n) is 6.96. The Morgan fingerprint density at radius 1 is 1.23 bits per heavy atom. The number of carbonyl (C=O) groups is 2. The van der Waals surface area contributed by atoms with Crippen LogP contribution in [-0.2, 0) is 17.4 Å². The number of nitrogens with two attached hydrogens (primary N) is 1. The predicted molar refractivity (Wildman–Crippen MR) is 146 cm³/mol. The summed E-state index contributed by atoms with van der Waals surface area (Å²) in [4.78, 5) is 43.5. The third-order valence-corrected chi connectivity index (χ3v) is 6.96. The van der Waals surface area contributed by atoms with Crippen molar-refractivity contribution < 1.29 is 22.8 Å². The van der Waals surface area contributed by atoms with E-state index in [0.717, 1.165) is 55.8 Å². The standard InChI is InChI=1S/C27H38F3N7O3/c1-2-3-13-36(17-11-32-19-38)25(39)33-24-10-16-37(26(40)34-24)22-7-6-20(23(18-22)27(28,29)30)8-14-35-12-4-5-21(31)9-15-35/h6-7,10,16,18-19,21H,2-5,8-9,11-15,17,31H2,1H3,(H,32,38)(H,33,34,39,40). The van der Waals surface area contributed by atoms with Crippen molar-refractivity contribution in [3.63, 3.8) is 0 Å². The maximum absolute atomic E-state index is 14.0. The molecule has 1 unspecified atom stereocenters. The van der Waals surface area contributed by atoms with Crippen molar-refractivity contribution in [2.45, 2.75) is 57.7 Å². The van der Waals surface area contributed by atoms with E-state index in [1.807, 2.05) is 6.92 Å². The monoisotopic (exact) mass is 565 g/mol. The minimum absolute atomic E-state index is 0.0247. The fourth-order valence-corrected chi connectivity index (χ4v) is 4.66. The number of anilines is 1. The molecule has 2 heterocycles. The van der Waals surface area contributed by atoms with Gasteiger partial charge in [-0.2, -0.15) is 18.2 Å². The minimum atomic E-state index is -4.60. The maximum Gasteiger partial charge on any atom is 0.416 e. The van der Waals surface area contributed by atoms with Crippen molar-refractivity contribution in [3.8, 4) is 5.69 Å². The zero-order chi connectivity index (χ0) is 29.1. The van der Waals surface area contributed by atoms with E-state index in [9.17, 15) is 27.6 Å². The number of nitrogens with zero attached hydrogens (tertiary/aromatic N) is 4. The smallest absolute Gasteiger partial charge is 0.357 e. The van der Waals surface area contributed by atoms with E-state index in [1.54, 1.807) is 0 Å². The second-order valence-electron chi connectivity index (χ2n) is 9.93. The molecule has 3 rings (SSSR count). The lowest BCUT2D eigenvalue weighted by Crippen LogP contribution is -2.40. The van der Waals surface area contributed by atoms with Crippen LogP contribution in [-0.4, -0.2) is 77.1 Å². The molecule has 1 aromatic carbocycles. The molecule has 1 aliphatic rings. The van der Waals surface area contributed by atoms with E-state index in [0.29, 0.717) is 19.5 Å². The van der Waals surface area contributed by atoms with Gasteiger partial charge in [-0.3, -0.25) is 14.7 Å². The second kappa shape index (κ2) is 14.8. The molecule has 4 N–H and O–H groups in total. The van der Waals surface area contributed by atoms with Gasteiger partial charge in [-0.15, -0.1) is 0 Å². The summed E-state index contributed by atoms with van der Waals surface area (Å²) >= 11 is 0. The van der Waals surface area contributed by atoms with Crippen LogP contribution in [0, 0.1) is 0 Å². The molecule has 3 amide bonds. The summed E-state index contributed by atoms with van der Waals surface area (Å²) in [6, 6.07) is 4.82. The van der Waals surface area contributed by atoms with Crippen molar-refractivity contribution in [2.24, 2.45) is 5.73 Å². The van der Waals surface area contributed by atoms with E-state index in [1.165, 1.54) is 29.3 Å². The number of rotatable bonds is 12. The first-order chi connectivity index (χ1) is 19.1. The summed E-state index contributed by atoms with van der Waals surface area (Å²) in [7, 11) is 0. The molecule has 220 valence electrons. The lowest BCUT2D eigenvalue weighted by molar-refractivity contribution is -0.138. The van der Waals surface area contributed by atoms with Gasteiger partial charge in [0.25, 0.3) is 0 Å². The van der Waals surface area contributed by atoms with Crippen molar-refractivity contribution in [2.75, 3.05) is 44.6 Å². The zero-order valence-electron chi connectivity index (χ0n) is 22.8. The van der Waals surface area contributed by atoms with Gasteiger partial charge >= 0.3 is 17.9 Å². The van der Waals surface area contributed by atoms with E-state index in [2.05, 4.69) is 20.5 Å². The van der Waals surface area contributed by atoms with E-state index < -0.39 is 23.5 Å². The number of aromatic nitrogens is 2. The van der Waals surface area contributed by atoms with E-state index in [4.69, 9.17) is 5.73 Å². The fourth-order valence-electron chi connectivity index (χ4n) is 4.66. The lowest BCUT2D eigenvalue weighted by atomic mass is 10.0. The highest BCUT2D eigenvalue weighted by atomic mass is 19.4. The SMILES string of the molecule is CCCCN(CCNC=O)C(=O)Nc1ccn(-c2ccc(CCN3CCCC(N)CC3)c(C(F)(F)F)c2)c(=O)n1. The molecule has 1 saturated heterocycles. The minimum Gasteiger partial charge on any atom is -0.357 e. The van der Waals surface area contributed by atoms with Crippen LogP contribution in [0.2, 0.25) is 0 Å². The summed E-state index contributed by atoms with van der Waals surface area (Å²) in [6.07, 6.45) is 1.71. The van der Waals surface area contributed by atoms with Crippen LogP contribution in [0.5, 0.6) is 0 Å². The molecule has 0 bridgehead atoms. The van der Waals surface area contributed by atoms with Crippen LogP contribution in [0.25, 0.3) is 5.69 Å². The Bertz CT molecular complexity index is 1190. The third kappa shape index (κ3) is 9.05. The summed E-state index contributed by atoms with van der Waals surface area (Å²) in [5, 5.41) is 5.05. The van der Waals surface area contributed by atoms with Crippen molar-refractivity contribution in [1.29, 1.82) is 0 Å². The summed E-state index contributed by atoms with van der Waals surface area (Å²) < 4.78 is 43.0. The predicted octanol–water partition coefficient (Wildman–Crippen LogP) is 2.99. The normalized spacial score (nSPS) is 16.3. The molecule has 1 aliphatic heterocycles. The Morgan fingerprint density at radius 2 is 2.02 bits per heavy atom. The number of alkyl halides is 3. The molecule has 0 aliphatic carbocycles. The van der Waals surface area contributed by atoms with Crippen molar-refractivity contribution >= 4 is 18.3 Å². The number of hydrogen-bond donors (Lipinski definition) is 3. The Balaban J connectivity index is 1.75. The molecular formula is C27H38F3N7O3. The first kappa shape index (κ1) is 31.1. The molecule has 0 spiro atoms. The molecule has 0 radical (unpaired) electrons. The van der Waals surface area contributed by atoms with Crippen LogP contribution < -0.4 is 22.1 Å². The number of benzene rings is 1. The number of halogens is 3. The van der Waals surface area contributed by atoms with Crippen LogP contribution in [0.15, 0.2) is 35.3 Å². The molecule has 1 fully saturated rings. The van der Waals surface area contributed by atoms with Crippen molar-refractivity contribution in [1.82, 2.24) is 24.7 Å². The lowest BCUT2D eigenvalue weighted by Gasteiger charge is -2.22. The Morgan fingerprint density at radius 3 is 2.73 bits per heavy atom. The van der Waals surface area contributed by atoms with Crippen molar-refractivity contribution in [3.05, 3.63) is 52.1 Å². The summed E-state index contributed by atoms with van der Waals surface area (Å²) in [6.45, 7) is 5.01. The molecule has 10 nitrogen and oxygen atoms in total. The van der Waals surface area contributed by atoms with Crippen LogP contribution in [0.1, 0.15) is 50.2 Å². The second-order valence-corrected chi connectivity index (χ2v) is 9.93. The molecule has 2 aromatic rings. The first-order valence-corrected chi connectivity index (χ1v) is 13.6. The van der Waals surface area contributed by atoms with Gasteiger partial charge < -0.3 is 20.9 Å². The maximum atomic E-state index is 14.0. The zero-order valence-corrected chi connectivity index (χ0v) is 22.8. The average molecular weight is 566 g/mol. The Labute approximate surface area is 231 Å². The molecular weight excluding hydrogens is 527 g/mol. The van der Waals surface area contributed by atoms with Gasteiger partial charge in [-0.25, -0.2) is 9.59 Å². The average Bonchev–Trinajstić information content (AvgIpc) is 3.12. The summed E-state index contributed by atoms with van der Waals surface area (Å²) in [5.41, 5.74) is 4.57. The highest BCUT2D eigenvalue weighted by molar-refractivity contribution is 5.88. The van der Waals surface area contributed by atoms with Gasteiger partial charge in [-0.05, 0) is 69.0 Å². The van der Waals surface area contributed by atoms with Gasteiger partial charge in [0.15, 0.2) is 0 Å². The largest absolute Gasteiger partial charge is 0.416 e. The first-order valence-electron chi connectivity index (χ1n) is 13.6. The number of urea groups is 1. The Kier molecular flexibility index (Phi) is 11.5. The van der Waals surface area contributed by atoms with E-state index >= 15 is 0 Å². The number of unbranched alkanes of at least 4 members (excludes halogenated alkanes) is 1. The molecule has 13 heteroatoms. The van der Waals surface area contributed by atoms with Crippen LogP contribution >= 0.6 is 0 Å². The quantitative estimate of drug-likeness (QED) is 0.268. The van der Waals surface area contributed by atoms with Gasteiger partial charge in [-0.1, -0.05) is 19.4 Å². The highest BCUT2D eigenvalue weighted by Gasteiger charge is 2.34. The van der Waals surface area contributed by atoms with Crippen LogP contribution in [0.4, 0.5) is 23.8 Å². The topological polar surface area (TPSA) is 126 Å². The van der Waals surface area contributed by atoms with Gasteiger partial charge in [0.1, 0.15) is 5.82 Å². The molecule has 40 heavy (non-hydrogen) atoms. The van der Waals surface area contributed by atoms with Gasteiger partial charge in [0.05, 0.1) is 11.3 Å². The van der Waals surface area contributed by atoms with Crippen LogP contribution in [0.3, 0.4) is 0 Å². The molecule has 0 saturated carbocycles. The van der Waals surface area contributed by atoms with Gasteiger partial charge in [0, 0.05) is 38.4 Å². The van der Waals surface area contributed by atoms with Gasteiger partial charge in [0.2, 0.25) is 6.41 Å². The number of likely N-dealkylation sites (tertiary alicyclic amines) is 1. The number of amides is 3.